The highest BCUT2D eigenvalue weighted by Crippen LogP contribution is 2.42. The van der Waals surface area contributed by atoms with Gasteiger partial charge >= 0.3 is 7.83 Å². The molecule has 3 nitrogen and oxygen atoms in total. The van der Waals surface area contributed by atoms with E-state index in [2.05, 4.69) is 20.8 Å². The molecule has 0 aliphatic carbocycles. The van der Waals surface area contributed by atoms with Crippen molar-refractivity contribution in [3.05, 3.63) is 29.8 Å². The van der Waals surface area contributed by atoms with Crippen LogP contribution in [0.15, 0.2) is 24.3 Å². The Morgan fingerprint density at radius 3 is 2.25 bits per heavy atom. The molecule has 0 bridgehead atoms. The number of benzene rings is 1. The molecule has 0 heterocycles. The number of hydrogen-bond acceptors (Lipinski definition) is 1. The van der Waals surface area contributed by atoms with Crippen molar-refractivity contribution in [1.82, 2.24) is 0 Å². The molecule has 0 saturated carbocycles. The van der Waals surface area contributed by atoms with E-state index in [9.17, 15) is 8.76 Å². The Kier molecular flexibility index (Phi) is 3.76. The van der Waals surface area contributed by atoms with Crippen LogP contribution in [0.2, 0.25) is 0 Å². The van der Waals surface area contributed by atoms with Crippen LogP contribution in [0.5, 0.6) is 0 Å². The van der Waals surface area contributed by atoms with Gasteiger partial charge in [0.1, 0.15) is 0 Å². The first-order valence-electron chi connectivity index (χ1n) is 5.16. The minimum Gasteiger partial charge on any atom is -0.305 e. The normalized spacial score (nSPS) is 15.6. The first-order valence-corrected chi connectivity index (χ1v) is 6.71. The van der Waals surface area contributed by atoms with Crippen molar-refractivity contribution in [2.75, 3.05) is 5.09 Å². The monoisotopic (exact) mass is 245 g/mol. The third kappa shape index (κ3) is 3.62. The van der Waals surface area contributed by atoms with Crippen LogP contribution in [0.4, 0.5) is 9.88 Å². The Morgan fingerprint density at radius 2 is 1.88 bits per heavy atom. The zero-order chi connectivity index (χ0) is 12.4. The van der Waals surface area contributed by atoms with Crippen LogP contribution in [0.3, 0.4) is 0 Å². The Balaban J connectivity index is 2.88. The smallest absolute Gasteiger partial charge is 0.305 e. The van der Waals surface area contributed by atoms with Crippen LogP contribution in [0, 0.1) is 0 Å². The molecule has 0 saturated heterocycles. The summed E-state index contributed by atoms with van der Waals surface area (Å²) in [5.41, 5.74) is 1.48. The minimum atomic E-state index is -4.70. The minimum absolute atomic E-state index is 0.0527. The summed E-state index contributed by atoms with van der Waals surface area (Å²) >= 11 is 0. The highest BCUT2D eigenvalue weighted by atomic mass is 31.2. The van der Waals surface area contributed by atoms with E-state index in [-0.39, 0.29) is 5.41 Å². The third-order valence-corrected chi connectivity index (χ3v) is 3.35. The van der Waals surface area contributed by atoms with Crippen molar-refractivity contribution < 1.29 is 13.7 Å². The lowest BCUT2D eigenvalue weighted by Crippen LogP contribution is -2.15. The molecule has 1 aromatic carbocycles. The van der Waals surface area contributed by atoms with Crippen molar-refractivity contribution >= 4 is 13.5 Å². The van der Waals surface area contributed by atoms with E-state index >= 15 is 0 Å². The maximum Gasteiger partial charge on any atom is 0.467 e. The fourth-order valence-electron chi connectivity index (χ4n) is 1.36. The number of anilines is 1. The standard InChI is InChI=1S/C11H17FNO2P/c1-4-11(2,3)9-5-7-10(8-6-9)13-16(12,14)15/h5-8H,4H2,1-3H3,(H2,13,14,15). The van der Waals surface area contributed by atoms with Crippen LogP contribution >= 0.6 is 7.83 Å². The Hall–Kier alpha value is -0.860. The summed E-state index contributed by atoms with van der Waals surface area (Å²) in [7, 11) is -4.70. The predicted molar refractivity (Wildman–Crippen MR) is 64.3 cm³/mol. The first-order chi connectivity index (χ1) is 7.24. The van der Waals surface area contributed by atoms with Crippen molar-refractivity contribution in [1.29, 1.82) is 0 Å². The molecule has 0 amide bonds. The summed E-state index contributed by atoms with van der Waals surface area (Å²) in [6.45, 7) is 6.32. The molecule has 0 aliphatic rings. The molecule has 1 rings (SSSR count). The quantitative estimate of drug-likeness (QED) is 0.792. The summed E-state index contributed by atoms with van der Waals surface area (Å²) < 4.78 is 23.0. The van der Waals surface area contributed by atoms with Gasteiger partial charge in [-0.05, 0) is 29.5 Å². The zero-order valence-corrected chi connectivity index (χ0v) is 10.6. The second kappa shape index (κ2) is 4.56. The number of nitrogens with one attached hydrogen (secondary N) is 1. The maximum absolute atomic E-state index is 12.5. The van der Waals surface area contributed by atoms with Crippen molar-refractivity contribution in [2.45, 2.75) is 32.6 Å². The average Bonchev–Trinajstić information content (AvgIpc) is 2.16. The Bertz CT molecular complexity index is 397. The fraction of sp³-hybridized carbons (Fsp3) is 0.455. The summed E-state index contributed by atoms with van der Waals surface area (Å²) in [5, 5.41) is 1.92. The van der Waals surface area contributed by atoms with Crippen LogP contribution in [0.25, 0.3) is 0 Å². The van der Waals surface area contributed by atoms with E-state index in [0.29, 0.717) is 5.69 Å². The van der Waals surface area contributed by atoms with E-state index in [4.69, 9.17) is 4.89 Å². The maximum atomic E-state index is 12.5. The van der Waals surface area contributed by atoms with Crippen LogP contribution in [-0.2, 0) is 9.98 Å². The highest BCUT2D eigenvalue weighted by Gasteiger charge is 2.19. The second-order valence-corrected chi connectivity index (χ2v) is 5.66. The van der Waals surface area contributed by atoms with Crippen molar-refractivity contribution in [3.8, 4) is 0 Å². The van der Waals surface area contributed by atoms with Crippen LogP contribution in [0.1, 0.15) is 32.8 Å². The van der Waals surface area contributed by atoms with Crippen molar-refractivity contribution in [2.24, 2.45) is 0 Å². The molecule has 1 atom stereocenters. The molecule has 1 aromatic rings. The molecular weight excluding hydrogens is 228 g/mol. The zero-order valence-electron chi connectivity index (χ0n) is 9.70. The van der Waals surface area contributed by atoms with Gasteiger partial charge in [-0.25, -0.2) is 4.57 Å². The lowest BCUT2D eigenvalue weighted by atomic mass is 9.82. The third-order valence-electron chi connectivity index (χ3n) is 2.82. The molecule has 1 unspecified atom stereocenters. The second-order valence-electron chi connectivity index (χ2n) is 4.43. The van der Waals surface area contributed by atoms with E-state index in [1.807, 2.05) is 17.2 Å². The molecular formula is C11H17FNO2P. The summed E-state index contributed by atoms with van der Waals surface area (Å²) in [5.74, 6) is 0. The first kappa shape index (κ1) is 13.2. The van der Waals surface area contributed by atoms with Gasteiger partial charge in [-0.15, -0.1) is 4.20 Å². The van der Waals surface area contributed by atoms with Gasteiger partial charge in [-0.3, -0.25) is 5.09 Å². The van der Waals surface area contributed by atoms with Crippen LogP contribution in [-0.4, -0.2) is 4.89 Å². The van der Waals surface area contributed by atoms with Crippen molar-refractivity contribution in [3.63, 3.8) is 0 Å². The fourth-order valence-corrected chi connectivity index (χ4v) is 1.83. The lowest BCUT2D eigenvalue weighted by Gasteiger charge is -2.23. The van der Waals surface area contributed by atoms with Gasteiger partial charge in [0, 0.05) is 5.69 Å². The Labute approximate surface area is 95.3 Å². The molecule has 0 spiro atoms. The SMILES string of the molecule is CCC(C)(C)c1ccc(NP(=O)(O)F)cc1. The molecule has 0 radical (unpaired) electrons. The molecule has 0 aromatic heterocycles. The molecule has 90 valence electrons. The average molecular weight is 245 g/mol. The lowest BCUT2D eigenvalue weighted by molar-refractivity contribution is 0.437. The van der Waals surface area contributed by atoms with E-state index < -0.39 is 7.83 Å². The number of rotatable bonds is 4. The molecule has 0 fully saturated rings. The van der Waals surface area contributed by atoms with Gasteiger partial charge in [0.2, 0.25) is 0 Å². The van der Waals surface area contributed by atoms with Gasteiger partial charge in [0.25, 0.3) is 0 Å². The highest BCUT2D eigenvalue weighted by molar-refractivity contribution is 7.54. The summed E-state index contributed by atoms with van der Waals surface area (Å²) in [6, 6.07) is 6.88. The van der Waals surface area contributed by atoms with Crippen LogP contribution < -0.4 is 5.09 Å². The van der Waals surface area contributed by atoms with Gasteiger partial charge in [-0.2, -0.15) is 0 Å². The predicted octanol–water partition coefficient (Wildman–Crippen LogP) is 3.86. The topological polar surface area (TPSA) is 49.3 Å². The summed E-state index contributed by atoms with van der Waals surface area (Å²) in [4.78, 5) is 8.52. The van der Waals surface area contributed by atoms with E-state index in [1.54, 1.807) is 12.1 Å². The van der Waals surface area contributed by atoms with Gasteiger partial charge < -0.3 is 4.89 Å². The van der Waals surface area contributed by atoms with E-state index in [1.165, 1.54) is 0 Å². The van der Waals surface area contributed by atoms with Gasteiger partial charge in [0.05, 0.1) is 0 Å². The number of halogens is 1. The molecule has 5 heteroatoms. The Morgan fingerprint density at radius 1 is 1.38 bits per heavy atom. The molecule has 2 N–H and O–H groups in total. The van der Waals surface area contributed by atoms with E-state index in [0.717, 1.165) is 12.0 Å². The molecule has 16 heavy (non-hydrogen) atoms. The number of hydrogen-bond donors (Lipinski definition) is 2. The van der Waals surface area contributed by atoms with Gasteiger partial charge in [-0.1, -0.05) is 32.9 Å². The molecule has 0 aliphatic heterocycles. The summed E-state index contributed by atoms with van der Waals surface area (Å²) in [6.07, 6.45) is 0.987. The van der Waals surface area contributed by atoms with Gasteiger partial charge in [0.15, 0.2) is 0 Å². The largest absolute Gasteiger partial charge is 0.467 e.